The third kappa shape index (κ3) is 14.9. The average molecular weight is 318 g/mol. The summed E-state index contributed by atoms with van der Waals surface area (Å²) in [5.41, 5.74) is 0.248. The van der Waals surface area contributed by atoms with Gasteiger partial charge in [0, 0.05) is 12.3 Å². The van der Waals surface area contributed by atoms with E-state index in [-0.39, 0.29) is 5.41 Å². The van der Waals surface area contributed by atoms with Crippen molar-refractivity contribution in [2.45, 2.75) is 92.4 Å². The lowest BCUT2D eigenvalue weighted by molar-refractivity contribution is 0.317. The molecule has 0 heterocycles. The second kappa shape index (κ2) is 10.8. The molecule has 0 bridgehead atoms. The van der Waals surface area contributed by atoms with Crippen molar-refractivity contribution in [3.05, 3.63) is 0 Å². The van der Waals surface area contributed by atoms with Crippen LogP contribution in [0.15, 0.2) is 0 Å². The SMILES string of the molecule is CCCCCCCCCCP(=O)(O)CC(C)CC(C)(C)C. The van der Waals surface area contributed by atoms with Gasteiger partial charge in [-0.05, 0) is 24.2 Å². The minimum atomic E-state index is -2.90. The Morgan fingerprint density at radius 2 is 1.43 bits per heavy atom. The van der Waals surface area contributed by atoms with Crippen molar-refractivity contribution in [2.75, 3.05) is 12.3 Å². The number of rotatable bonds is 12. The molecule has 2 atom stereocenters. The highest BCUT2D eigenvalue weighted by molar-refractivity contribution is 7.57. The zero-order valence-electron chi connectivity index (χ0n) is 15.2. The first-order chi connectivity index (χ1) is 9.66. The topological polar surface area (TPSA) is 37.3 Å². The van der Waals surface area contributed by atoms with Crippen molar-refractivity contribution in [1.82, 2.24) is 0 Å². The van der Waals surface area contributed by atoms with Gasteiger partial charge in [0.15, 0.2) is 0 Å². The molecule has 0 aliphatic rings. The van der Waals surface area contributed by atoms with E-state index in [1.807, 2.05) is 0 Å². The van der Waals surface area contributed by atoms with Crippen molar-refractivity contribution in [3.8, 4) is 0 Å². The maximum absolute atomic E-state index is 12.2. The fraction of sp³-hybridized carbons (Fsp3) is 1.00. The van der Waals surface area contributed by atoms with E-state index in [0.29, 0.717) is 18.2 Å². The van der Waals surface area contributed by atoms with Crippen molar-refractivity contribution in [2.24, 2.45) is 11.3 Å². The van der Waals surface area contributed by atoms with E-state index in [9.17, 15) is 9.46 Å². The molecular formula is C18H39O2P. The van der Waals surface area contributed by atoms with E-state index in [1.165, 1.54) is 38.5 Å². The van der Waals surface area contributed by atoms with Crippen molar-refractivity contribution in [1.29, 1.82) is 0 Å². The van der Waals surface area contributed by atoms with Crippen LogP contribution in [0.2, 0.25) is 0 Å². The normalized spacial score (nSPS) is 16.7. The summed E-state index contributed by atoms with van der Waals surface area (Å²) in [5.74, 6) is 0.342. The maximum Gasteiger partial charge on any atom is 0.200 e. The summed E-state index contributed by atoms with van der Waals surface area (Å²) in [6.45, 7) is 10.9. The first-order valence-corrected chi connectivity index (χ1v) is 11.0. The molecule has 0 aromatic rings. The van der Waals surface area contributed by atoms with Crippen LogP contribution in [0, 0.1) is 11.3 Å². The molecule has 0 rings (SSSR count). The highest BCUT2D eigenvalue weighted by Gasteiger charge is 2.24. The Labute approximate surface area is 133 Å². The van der Waals surface area contributed by atoms with Gasteiger partial charge in [-0.3, -0.25) is 4.57 Å². The molecule has 0 aromatic heterocycles. The Morgan fingerprint density at radius 1 is 0.952 bits per heavy atom. The number of hydrogen-bond acceptors (Lipinski definition) is 1. The quantitative estimate of drug-likeness (QED) is 0.331. The van der Waals surface area contributed by atoms with Gasteiger partial charge in [0.05, 0.1) is 0 Å². The van der Waals surface area contributed by atoms with E-state index in [1.54, 1.807) is 0 Å². The van der Waals surface area contributed by atoms with Crippen molar-refractivity contribution < 1.29 is 9.46 Å². The maximum atomic E-state index is 12.2. The molecule has 0 aliphatic heterocycles. The molecule has 0 saturated heterocycles. The molecular weight excluding hydrogens is 279 g/mol. The fourth-order valence-corrected chi connectivity index (χ4v) is 5.18. The molecule has 0 saturated carbocycles. The van der Waals surface area contributed by atoms with E-state index >= 15 is 0 Å². The smallest absolute Gasteiger partial charge is 0.200 e. The van der Waals surface area contributed by atoms with Gasteiger partial charge in [-0.1, -0.05) is 79.6 Å². The highest BCUT2D eigenvalue weighted by Crippen LogP contribution is 2.45. The second-order valence-corrected chi connectivity index (χ2v) is 10.6. The largest absolute Gasteiger partial charge is 0.344 e. The van der Waals surface area contributed by atoms with Gasteiger partial charge >= 0.3 is 0 Å². The predicted molar refractivity (Wildman–Crippen MR) is 95.4 cm³/mol. The first-order valence-electron chi connectivity index (χ1n) is 8.97. The van der Waals surface area contributed by atoms with Gasteiger partial charge in [0.2, 0.25) is 7.37 Å². The Bertz CT molecular complexity index is 294. The summed E-state index contributed by atoms with van der Waals surface area (Å²) >= 11 is 0. The van der Waals surface area contributed by atoms with Crippen LogP contribution < -0.4 is 0 Å². The van der Waals surface area contributed by atoms with Gasteiger partial charge in [-0.15, -0.1) is 0 Å². The second-order valence-electron chi connectivity index (χ2n) is 8.10. The molecule has 0 aromatic carbocycles. The minimum Gasteiger partial charge on any atom is -0.344 e. The van der Waals surface area contributed by atoms with E-state index in [2.05, 4.69) is 34.6 Å². The monoisotopic (exact) mass is 318 g/mol. The summed E-state index contributed by atoms with van der Waals surface area (Å²) < 4.78 is 12.2. The van der Waals surface area contributed by atoms with Gasteiger partial charge < -0.3 is 4.89 Å². The highest BCUT2D eigenvalue weighted by atomic mass is 31.2. The molecule has 0 radical (unpaired) electrons. The van der Waals surface area contributed by atoms with Crippen LogP contribution in [0.1, 0.15) is 92.4 Å². The van der Waals surface area contributed by atoms with Gasteiger partial charge in [0.1, 0.15) is 0 Å². The van der Waals surface area contributed by atoms with Crippen LogP contribution in [0.5, 0.6) is 0 Å². The molecule has 0 fully saturated rings. The molecule has 2 unspecified atom stereocenters. The Balaban J connectivity index is 3.71. The van der Waals surface area contributed by atoms with Crippen molar-refractivity contribution >= 4 is 7.37 Å². The van der Waals surface area contributed by atoms with Gasteiger partial charge in [-0.25, -0.2) is 0 Å². The number of hydrogen-bond donors (Lipinski definition) is 1. The van der Waals surface area contributed by atoms with E-state index in [4.69, 9.17) is 0 Å². The molecule has 1 N–H and O–H groups in total. The van der Waals surface area contributed by atoms with Gasteiger partial charge in [-0.2, -0.15) is 0 Å². The molecule has 3 heteroatoms. The zero-order valence-corrected chi connectivity index (χ0v) is 16.1. The summed E-state index contributed by atoms with van der Waals surface area (Å²) in [7, 11) is -2.90. The standard InChI is InChI=1S/C18H39O2P/c1-6-7-8-9-10-11-12-13-14-21(19,20)16-17(2)15-18(3,4)5/h17H,6-16H2,1-5H3,(H,19,20). The predicted octanol–water partition coefficient (Wildman–Crippen LogP) is 6.47. The molecule has 0 spiro atoms. The molecule has 21 heavy (non-hydrogen) atoms. The Morgan fingerprint density at radius 3 is 1.90 bits per heavy atom. The first kappa shape index (κ1) is 21.2. The summed E-state index contributed by atoms with van der Waals surface area (Å²) in [4.78, 5) is 10.1. The third-order valence-electron chi connectivity index (χ3n) is 3.92. The van der Waals surface area contributed by atoms with Crippen LogP contribution >= 0.6 is 7.37 Å². The van der Waals surface area contributed by atoms with E-state index in [0.717, 1.165) is 19.3 Å². The van der Waals surface area contributed by atoms with E-state index < -0.39 is 7.37 Å². The molecule has 128 valence electrons. The van der Waals surface area contributed by atoms with Crippen LogP contribution in [-0.2, 0) is 4.57 Å². The van der Waals surface area contributed by atoms with Gasteiger partial charge in [0.25, 0.3) is 0 Å². The lowest BCUT2D eigenvalue weighted by Crippen LogP contribution is -2.14. The lowest BCUT2D eigenvalue weighted by atomic mass is 9.86. The van der Waals surface area contributed by atoms with Crippen LogP contribution in [-0.4, -0.2) is 17.2 Å². The molecule has 2 nitrogen and oxygen atoms in total. The van der Waals surface area contributed by atoms with Crippen LogP contribution in [0.25, 0.3) is 0 Å². The lowest BCUT2D eigenvalue weighted by Gasteiger charge is -2.24. The fourth-order valence-electron chi connectivity index (χ4n) is 3.18. The molecule has 0 amide bonds. The zero-order chi connectivity index (χ0) is 16.4. The summed E-state index contributed by atoms with van der Waals surface area (Å²) in [5, 5.41) is 0. The third-order valence-corrected chi connectivity index (χ3v) is 6.13. The molecule has 0 aliphatic carbocycles. The Hall–Kier alpha value is 0.190. The van der Waals surface area contributed by atoms with Crippen molar-refractivity contribution in [3.63, 3.8) is 0 Å². The average Bonchev–Trinajstić information content (AvgIpc) is 2.29. The number of unbranched alkanes of at least 4 members (excludes halogenated alkanes) is 7. The summed E-state index contributed by atoms with van der Waals surface area (Å²) in [6, 6.07) is 0. The van der Waals surface area contributed by atoms with Crippen LogP contribution in [0.4, 0.5) is 0 Å². The Kier molecular flexibility index (Phi) is 10.9. The minimum absolute atomic E-state index is 0.248. The van der Waals surface area contributed by atoms with Crippen LogP contribution in [0.3, 0.4) is 0 Å². The summed E-state index contributed by atoms with van der Waals surface area (Å²) in [6.07, 6.45) is 11.9.